The molecule has 0 radical (unpaired) electrons. The summed E-state index contributed by atoms with van der Waals surface area (Å²) in [5, 5.41) is 4.49. The monoisotopic (exact) mass is 340 g/mol. The number of likely N-dealkylation sites (tertiary alicyclic amines) is 1. The topological polar surface area (TPSA) is 24.3 Å². The standard InChI is InChI=1S/C21H32N4/c1-4-25-18(2)20(15-22-25)16-23(3)21-11-8-13-24(17-21)14-12-19-9-6-5-7-10-19/h5-7,9-10,15,21H,4,8,11-14,16-17H2,1-3H3. The third kappa shape index (κ3) is 4.71. The average Bonchev–Trinajstić information content (AvgIpc) is 3.01. The average molecular weight is 341 g/mol. The molecule has 0 aliphatic carbocycles. The fraction of sp³-hybridized carbons (Fsp3) is 0.571. The highest BCUT2D eigenvalue weighted by atomic mass is 15.3. The van der Waals surface area contributed by atoms with E-state index >= 15 is 0 Å². The van der Waals surface area contributed by atoms with Crippen molar-refractivity contribution in [2.24, 2.45) is 0 Å². The number of hydrogen-bond acceptors (Lipinski definition) is 3. The summed E-state index contributed by atoms with van der Waals surface area (Å²) in [7, 11) is 2.27. The molecule has 2 heterocycles. The Balaban J connectivity index is 1.52. The Morgan fingerprint density at radius 1 is 1.24 bits per heavy atom. The second-order valence-corrected chi connectivity index (χ2v) is 7.32. The van der Waals surface area contributed by atoms with Gasteiger partial charge in [0.2, 0.25) is 0 Å². The van der Waals surface area contributed by atoms with Crippen LogP contribution in [0.1, 0.15) is 36.6 Å². The van der Waals surface area contributed by atoms with Crippen LogP contribution >= 0.6 is 0 Å². The number of nitrogens with zero attached hydrogens (tertiary/aromatic N) is 4. The largest absolute Gasteiger partial charge is 0.301 e. The minimum absolute atomic E-state index is 0.647. The van der Waals surface area contributed by atoms with E-state index in [9.17, 15) is 0 Å². The molecule has 136 valence electrons. The Bertz CT molecular complexity index is 649. The molecule has 4 heteroatoms. The van der Waals surface area contributed by atoms with E-state index in [-0.39, 0.29) is 0 Å². The molecule has 0 saturated carbocycles. The summed E-state index contributed by atoms with van der Waals surface area (Å²) in [6.07, 6.45) is 5.81. The van der Waals surface area contributed by atoms with Crippen LogP contribution in [0.2, 0.25) is 0 Å². The van der Waals surface area contributed by atoms with Crippen LogP contribution in [-0.4, -0.2) is 52.3 Å². The maximum atomic E-state index is 4.49. The molecule has 3 rings (SSSR count). The Labute approximate surface area is 152 Å². The van der Waals surface area contributed by atoms with Gasteiger partial charge in [-0.3, -0.25) is 9.58 Å². The predicted molar refractivity (Wildman–Crippen MR) is 104 cm³/mol. The molecule has 1 saturated heterocycles. The highest BCUT2D eigenvalue weighted by Gasteiger charge is 2.23. The lowest BCUT2D eigenvalue weighted by molar-refractivity contribution is 0.112. The van der Waals surface area contributed by atoms with E-state index in [1.807, 2.05) is 6.20 Å². The van der Waals surface area contributed by atoms with Crippen molar-refractivity contribution in [2.45, 2.75) is 52.2 Å². The summed E-state index contributed by atoms with van der Waals surface area (Å²) in [5.74, 6) is 0. The van der Waals surface area contributed by atoms with E-state index in [0.717, 1.165) is 19.5 Å². The van der Waals surface area contributed by atoms with Crippen LogP contribution in [0.4, 0.5) is 0 Å². The summed E-state index contributed by atoms with van der Waals surface area (Å²) in [5.41, 5.74) is 4.12. The molecule has 0 bridgehead atoms. The van der Waals surface area contributed by atoms with E-state index in [2.05, 4.69) is 70.8 Å². The molecule has 0 spiro atoms. The maximum absolute atomic E-state index is 4.49. The maximum Gasteiger partial charge on any atom is 0.0537 e. The van der Waals surface area contributed by atoms with Crippen LogP contribution in [0.3, 0.4) is 0 Å². The number of rotatable bonds is 7. The first kappa shape index (κ1) is 18.2. The quantitative estimate of drug-likeness (QED) is 0.772. The van der Waals surface area contributed by atoms with Gasteiger partial charge in [-0.05, 0) is 52.3 Å². The summed E-state index contributed by atoms with van der Waals surface area (Å²) >= 11 is 0. The number of piperidine rings is 1. The van der Waals surface area contributed by atoms with Gasteiger partial charge in [0.15, 0.2) is 0 Å². The van der Waals surface area contributed by atoms with Crippen LogP contribution in [0.5, 0.6) is 0 Å². The van der Waals surface area contributed by atoms with Gasteiger partial charge in [-0.2, -0.15) is 5.10 Å². The Hall–Kier alpha value is -1.65. The highest BCUT2D eigenvalue weighted by Crippen LogP contribution is 2.18. The molecule has 0 N–H and O–H groups in total. The van der Waals surface area contributed by atoms with Gasteiger partial charge in [0.1, 0.15) is 0 Å². The fourth-order valence-corrected chi connectivity index (χ4v) is 3.88. The number of likely N-dealkylation sites (N-methyl/N-ethyl adjacent to an activating group) is 1. The van der Waals surface area contributed by atoms with Gasteiger partial charge >= 0.3 is 0 Å². The van der Waals surface area contributed by atoms with Crippen molar-refractivity contribution in [2.75, 3.05) is 26.7 Å². The first-order valence-electron chi connectivity index (χ1n) is 9.65. The van der Waals surface area contributed by atoms with E-state index < -0.39 is 0 Å². The lowest BCUT2D eigenvalue weighted by Gasteiger charge is -2.37. The zero-order chi connectivity index (χ0) is 17.6. The minimum atomic E-state index is 0.647. The molecule has 1 aliphatic heterocycles. The Kier molecular flexibility index (Phi) is 6.27. The first-order chi connectivity index (χ1) is 12.2. The molecule has 4 nitrogen and oxygen atoms in total. The second kappa shape index (κ2) is 8.63. The SMILES string of the molecule is CCn1ncc(CN(C)C2CCCN(CCc3ccccc3)C2)c1C. The molecule has 1 aliphatic rings. The second-order valence-electron chi connectivity index (χ2n) is 7.32. The molecular formula is C21H32N4. The van der Waals surface area contributed by atoms with Gasteiger partial charge in [0.25, 0.3) is 0 Å². The van der Waals surface area contributed by atoms with E-state index in [1.54, 1.807) is 0 Å². The third-order valence-electron chi connectivity index (χ3n) is 5.59. The molecule has 1 atom stereocenters. The van der Waals surface area contributed by atoms with Gasteiger partial charge in [-0.25, -0.2) is 0 Å². The zero-order valence-electron chi connectivity index (χ0n) is 16.0. The lowest BCUT2D eigenvalue weighted by Crippen LogP contribution is -2.46. The Morgan fingerprint density at radius 2 is 2.04 bits per heavy atom. The number of aryl methyl sites for hydroxylation is 1. The number of aromatic nitrogens is 2. The summed E-state index contributed by atoms with van der Waals surface area (Å²) in [6, 6.07) is 11.5. The van der Waals surface area contributed by atoms with Crippen LogP contribution in [0.25, 0.3) is 0 Å². The fourth-order valence-electron chi connectivity index (χ4n) is 3.88. The summed E-state index contributed by atoms with van der Waals surface area (Å²) in [4.78, 5) is 5.17. The number of benzene rings is 1. The minimum Gasteiger partial charge on any atom is -0.301 e. The first-order valence-corrected chi connectivity index (χ1v) is 9.65. The normalized spacial score (nSPS) is 18.8. The molecule has 1 aromatic heterocycles. The van der Waals surface area contributed by atoms with Gasteiger partial charge in [-0.15, -0.1) is 0 Å². The van der Waals surface area contributed by atoms with Crippen molar-refractivity contribution < 1.29 is 0 Å². The van der Waals surface area contributed by atoms with Gasteiger partial charge in [0.05, 0.1) is 6.20 Å². The molecule has 1 fully saturated rings. The highest BCUT2D eigenvalue weighted by molar-refractivity contribution is 5.16. The van der Waals surface area contributed by atoms with Crippen LogP contribution < -0.4 is 0 Å². The molecule has 2 aromatic rings. The smallest absolute Gasteiger partial charge is 0.0537 e. The van der Waals surface area contributed by atoms with Crippen LogP contribution in [-0.2, 0) is 19.5 Å². The van der Waals surface area contributed by atoms with Crippen molar-refractivity contribution in [3.63, 3.8) is 0 Å². The molecule has 0 amide bonds. The van der Waals surface area contributed by atoms with Crippen molar-refractivity contribution in [1.82, 2.24) is 19.6 Å². The van der Waals surface area contributed by atoms with E-state index in [1.165, 1.54) is 49.3 Å². The summed E-state index contributed by atoms with van der Waals surface area (Å²) < 4.78 is 2.09. The lowest BCUT2D eigenvalue weighted by atomic mass is 10.0. The van der Waals surface area contributed by atoms with Gasteiger partial charge in [0, 0.05) is 43.5 Å². The molecule has 25 heavy (non-hydrogen) atoms. The predicted octanol–water partition coefficient (Wildman–Crippen LogP) is 3.35. The molecular weight excluding hydrogens is 308 g/mol. The summed E-state index contributed by atoms with van der Waals surface area (Å²) in [6.45, 7) is 9.89. The number of hydrogen-bond donors (Lipinski definition) is 0. The van der Waals surface area contributed by atoms with Crippen molar-refractivity contribution in [3.05, 3.63) is 53.3 Å². The van der Waals surface area contributed by atoms with E-state index in [4.69, 9.17) is 0 Å². The van der Waals surface area contributed by atoms with Gasteiger partial charge < -0.3 is 4.90 Å². The Morgan fingerprint density at radius 3 is 2.76 bits per heavy atom. The van der Waals surface area contributed by atoms with Crippen LogP contribution in [0, 0.1) is 6.92 Å². The van der Waals surface area contributed by atoms with Crippen molar-refractivity contribution in [1.29, 1.82) is 0 Å². The van der Waals surface area contributed by atoms with Crippen LogP contribution in [0.15, 0.2) is 36.5 Å². The molecule has 1 aromatic carbocycles. The van der Waals surface area contributed by atoms with Gasteiger partial charge in [-0.1, -0.05) is 30.3 Å². The zero-order valence-corrected chi connectivity index (χ0v) is 16.0. The molecule has 1 unspecified atom stereocenters. The van der Waals surface area contributed by atoms with Crippen molar-refractivity contribution in [3.8, 4) is 0 Å². The van der Waals surface area contributed by atoms with E-state index in [0.29, 0.717) is 6.04 Å². The third-order valence-corrected chi connectivity index (χ3v) is 5.59. The van der Waals surface area contributed by atoms with Crippen molar-refractivity contribution >= 4 is 0 Å².